The average Bonchev–Trinajstić information content (AvgIpc) is 2.14. The van der Waals surface area contributed by atoms with Crippen molar-refractivity contribution in [2.45, 2.75) is 44.8 Å². The van der Waals surface area contributed by atoms with Crippen molar-refractivity contribution in [1.82, 2.24) is 0 Å². The maximum atomic E-state index is 8.90. The van der Waals surface area contributed by atoms with Gasteiger partial charge in [-0.2, -0.15) is 11.8 Å². The van der Waals surface area contributed by atoms with Gasteiger partial charge in [-0.05, 0) is 30.4 Å². The van der Waals surface area contributed by atoms with E-state index in [0.717, 1.165) is 16.9 Å². The fraction of sp³-hybridized carbons (Fsp3) is 1.00. The third-order valence-corrected chi connectivity index (χ3v) is 4.48. The van der Waals surface area contributed by atoms with Crippen LogP contribution in [0.2, 0.25) is 0 Å². The molecule has 0 spiro atoms. The van der Waals surface area contributed by atoms with Crippen LogP contribution >= 0.6 is 11.8 Å². The molecule has 1 aliphatic carbocycles. The van der Waals surface area contributed by atoms with E-state index in [1.54, 1.807) is 0 Å². The van der Waals surface area contributed by atoms with Gasteiger partial charge in [0.15, 0.2) is 0 Å². The minimum atomic E-state index is 0.343. The van der Waals surface area contributed by atoms with Crippen LogP contribution in [0.4, 0.5) is 0 Å². The maximum Gasteiger partial charge on any atom is 0.0464 e. The van der Waals surface area contributed by atoms with E-state index >= 15 is 0 Å². The van der Waals surface area contributed by atoms with Gasteiger partial charge in [-0.3, -0.25) is 0 Å². The summed E-state index contributed by atoms with van der Waals surface area (Å²) in [7, 11) is 0. The van der Waals surface area contributed by atoms with E-state index in [0.29, 0.717) is 12.5 Å². The van der Waals surface area contributed by atoms with Crippen molar-refractivity contribution >= 4 is 11.8 Å². The molecule has 1 N–H and O–H groups in total. The van der Waals surface area contributed by atoms with E-state index in [1.807, 2.05) is 0 Å². The number of aliphatic hydroxyl groups excluding tert-OH is 1. The Morgan fingerprint density at radius 2 is 2.23 bits per heavy atom. The van der Waals surface area contributed by atoms with E-state index in [2.05, 4.69) is 25.6 Å². The zero-order chi connectivity index (χ0) is 9.68. The second-order valence-corrected chi connectivity index (χ2v) is 5.85. The predicted molar refractivity (Wildman–Crippen MR) is 60.1 cm³/mol. The van der Waals surface area contributed by atoms with Crippen molar-refractivity contribution in [3.05, 3.63) is 0 Å². The molecule has 2 heteroatoms. The zero-order valence-corrected chi connectivity index (χ0v) is 9.65. The Morgan fingerprint density at radius 1 is 1.46 bits per heavy atom. The van der Waals surface area contributed by atoms with Crippen LogP contribution in [0.5, 0.6) is 0 Å². The lowest BCUT2D eigenvalue weighted by Gasteiger charge is -2.26. The normalized spacial score (nSPS) is 31.6. The molecule has 0 aromatic heterocycles. The molecule has 0 aromatic rings. The summed E-state index contributed by atoms with van der Waals surface area (Å²) in [6, 6.07) is 0. The van der Waals surface area contributed by atoms with Gasteiger partial charge in [-0.25, -0.2) is 0 Å². The molecule has 0 aliphatic heterocycles. The van der Waals surface area contributed by atoms with Crippen LogP contribution < -0.4 is 0 Å². The molecule has 0 heterocycles. The lowest BCUT2D eigenvalue weighted by molar-refractivity contribution is 0.250. The number of thioether (sulfide) groups is 1. The Hall–Kier alpha value is 0.310. The van der Waals surface area contributed by atoms with Crippen molar-refractivity contribution in [2.24, 2.45) is 11.8 Å². The molecule has 1 nitrogen and oxygen atoms in total. The fourth-order valence-electron chi connectivity index (χ4n) is 1.88. The molecular weight excluding hydrogens is 180 g/mol. The summed E-state index contributed by atoms with van der Waals surface area (Å²) in [5, 5.41) is 9.78. The monoisotopic (exact) mass is 202 g/mol. The summed E-state index contributed by atoms with van der Waals surface area (Å²) in [5.74, 6) is 2.53. The number of hydrogen-bond donors (Lipinski definition) is 1. The van der Waals surface area contributed by atoms with Crippen LogP contribution in [0.25, 0.3) is 0 Å². The fourth-order valence-corrected chi connectivity index (χ4v) is 3.39. The highest BCUT2D eigenvalue weighted by molar-refractivity contribution is 7.99. The average molecular weight is 202 g/mol. The molecule has 0 aromatic carbocycles. The largest absolute Gasteiger partial charge is 0.396 e. The SMILES string of the molecule is CC(CO)CSC1CCCC(C)C1. The van der Waals surface area contributed by atoms with Crippen LogP contribution in [0, 0.1) is 11.8 Å². The van der Waals surface area contributed by atoms with Crippen molar-refractivity contribution in [3.63, 3.8) is 0 Å². The van der Waals surface area contributed by atoms with Crippen LogP contribution in [0.3, 0.4) is 0 Å². The molecule has 1 aliphatic rings. The molecule has 0 amide bonds. The van der Waals surface area contributed by atoms with Gasteiger partial charge in [-0.1, -0.05) is 26.7 Å². The van der Waals surface area contributed by atoms with Gasteiger partial charge in [0.2, 0.25) is 0 Å². The van der Waals surface area contributed by atoms with Crippen LogP contribution in [0.1, 0.15) is 39.5 Å². The third-order valence-electron chi connectivity index (χ3n) is 2.82. The van der Waals surface area contributed by atoms with E-state index in [4.69, 9.17) is 5.11 Å². The quantitative estimate of drug-likeness (QED) is 0.756. The van der Waals surface area contributed by atoms with E-state index in [-0.39, 0.29) is 0 Å². The van der Waals surface area contributed by atoms with Crippen molar-refractivity contribution in [3.8, 4) is 0 Å². The Kier molecular flexibility index (Phi) is 5.18. The van der Waals surface area contributed by atoms with Gasteiger partial charge in [0.1, 0.15) is 0 Å². The minimum Gasteiger partial charge on any atom is -0.396 e. The van der Waals surface area contributed by atoms with Crippen molar-refractivity contribution in [1.29, 1.82) is 0 Å². The summed E-state index contributed by atoms with van der Waals surface area (Å²) in [4.78, 5) is 0. The molecule has 1 fully saturated rings. The van der Waals surface area contributed by atoms with Gasteiger partial charge in [0.05, 0.1) is 0 Å². The molecule has 13 heavy (non-hydrogen) atoms. The highest BCUT2D eigenvalue weighted by Gasteiger charge is 2.19. The lowest BCUT2D eigenvalue weighted by atomic mass is 9.91. The Balaban J connectivity index is 2.13. The highest BCUT2D eigenvalue weighted by atomic mass is 32.2. The highest BCUT2D eigenvalue weighted by Crippen LogP contribution is 2.32. The van der Waals surface area contributed by atoms with Gasteiger partial charge >= 0.3 is 0 Å². The van der Waals surface area contributed by atoms with Crippen LogP contribution in [0.15, 0.2) is 0 Å². The molecule has 78 valence electrons. The van der Waals surface area contributed by atoms with E-state index in [9.17, 15) is 0 Å². The first-order valence-electron chi connectivity index (χ1n) is 5.44. The Labute approximate surface area is 86.3 Å². The summed E-state index contributed by atoms with van der Waals surface area (Å²) >= 11 is 2.07. The first-order valence-corrected chi connectivity index (χ1v) is 6.49. The summed E-state index contributed by atoms with van der Waals surface area (Å²) < 4.78 is 0. The topological polar surface area (TPSA) is 20.2 Å². The van der Waals surface area contributed by atoms with Crippen LogP contribution in [-0.4, -0.2) is 22.7 Å². The minimum absolute atomic E-state index is 0.343. The second kappa shape index (κ2) is 5.92. The van der Waals surface area contributed by atoms with Gasteiger partial charge in [-0.15, -0.1) is 0 Å². The van der Waals surface area contributed by atoms with E-state index in [1.165, 1.54) is 25.7 Å². The summed E-state index contributed by atoms with van der Waals surface area (Å²) in [5.41, 5.74) is 0. The zero-order valence-electron chi connectivity index (χ0n) is 8.83. The van der Waals surface area contributed by atoms with E-state index < -0.39 is 0 Å². The number of aliphatic hydroxyl groups is 1. The number of rotatable bonds is 4. The Bertz CT molecular complexity index is 138. The van der Waals surface area contributed by atoms with Gasteiger partial charge in [0.25, 0.3) is 0 Å². The van der Waals surface area contributed by atoms with Gasteiger partial charge in [0, 0.05) is 11.9 Å². The smallest absolute Gasteiger partial charge is 0.0464 e. The molecular formula is C11H22OS. The maximum absolute atomic E-state index is 8.90. The van der Waals surface area contributed by atoms with Crippen molar-refractivity contribution in [2.75, 3.05) is 12.4 Å². The Morgan fingerprint density at radius 3 is 2.85 bits per heavy atom. The first kappa shape index (κ1) is 11.4. The predicted octanol–water partition coefficient (Wildman–Crippen LogP) is 2.93. The first-order chi connectivity index (χ1) is 6.22. The van der Waals surface area contributed by atoms with Crippen LogP contribution in [-0.2, 0) is 0 Å². The summed E-state index contributed by atoms with van der Waals surface area (Å²) in [6.45, 7) is 4.83. The molecule has 3 unspecified atom stereocenters. The molecule has 0 radical (unpaired) electrons. The molecule has 1 rings (SSSR count). The second-order valence-electron chi connectivity index (χ2n) is 4.51. The molecule has 0 bridgehead atoms. The lowest BCUT2D eigenvalue weighted by Crippen LogP contribution is -2.17. The van der Waals surface area contributed by atoms with Crippen molar-refractivity contribution < 1.29 is 5.11 Å². The molecule has 3 atom stereocenters. The molecule has 0 saturated heterocycles. The summed E-state index contributed by atoms with van der Waals surface area (Å²) in [6.07, 6.45) is 5.62. The third kappa shape index (κ3) is 4.37. The standard InChI is InChI=1S/C11H22OS/c1-9-4-3-5-11(6-9)13-8-10(2)7-12/h9-12H,3-8H2,1-2H3. The molecule has 1 saturated carbocycles. The van der Waals surface area contributed by atoms with Gasteiger partial charge < -0.3 is 5.11 Å². The number of hydrogen-bond acceptors (Lipinski definition) is 2.